The van der Waals surface area contributed by atoms with Crippen molar-refractivity contribution in [2.75, 3.05) is 5.32 Å². The highest BCUT2D eigenvalue weighted by Crippen LogP contribution is 2.40. The number of nitrogens with zero attached hydrogens (tertiary/aromatic N) is 3. The maximum Gasteiger partial charge on any atom is 0.425 e. The molecule has 2 N–H and O–H groups in total. The van der Waals surface area contributed by atoms with Crippen molar-refractivity contribution >= 4 is 11.7 Å². The summed E-state index contributed by atoms with van der Waals surface area (Å²) in [6.45, 7) is 1.68. The molecule has 2 aromatic heterocycles. The van der Waals surface area contributed by atoms with Crippen molar-refractivity contribution in [3.05, 3.63) is 42.1 Å². The van der Waals surface area contributed by atoms with Gasteiger partial charge in [-0.15, -0.1) is 0 Å². The highest BCUT2D eigenvalue weighted by molar-refractivity contribution is 5.90. The van der Waals surface area contributed by atoms with Gasteiger partial charge in [0.25, 0.3) is 0 Å². The molecule has 6 nitrogen and oxygen atoms in total. The number of halogens is 3. The van der Waals surface area contributed by atoms with Gasteiger partial charge in [0.2, 0.25) is 11.5 Å². The molecule has 0 aliphatic carbocycles. The Morgan fingerprint density at radius 3 is 2.61 bits per heavy atom. The fraction of sp³-hybridized carbons (Fsp3) is 0.357. The molecular formula is C14H15F3N4O2. The monoisotopic (exact) mass is 328 g/mol. The molecule has 23 heavy (non-hydrogen) atoms. The summed E-state index contributed by atoms with van der Waals surface area (Å²) in [6, 6.07) is 4.72. The topological polar surface area (TPSA) is 80.0 Å². The van der Waals surface area contributed by atoms with Crippen LogP contribution < -0.4 is 5.32 Å². The molecule has 0 spiro atoms. The largest absolute Gasteiger partial charge is 0.425 e. The summed E-state index contributed by atoms with van der Waals surface area (Å²) in [4.78, 5) is 19.4. The van der Waals surface area contributed by atoms with Gasteiger partial charge in [0.1, 0.15) is 5.82 Å². The van der Waals surface area contributed by atoms with Crippen LogP contribution >= 0.6 is 0 Å². The number of aryl methyl sites for hydroxylation is 2. The van der Waals surface area contributed by atoms with Crippen LogP contribution in [0, 0.1) is 6.92 Å². The van der Waals surface area contributed by atoms with E-state index in [1.54, 1.807) is 19.1 Å². The standard InChI is InChI=1S/C14H15F3N4O2/c1-9-4-3-5-10(19-9)20-11(22)8-13(23,14(15,16)17)12-18-6-7-21(12)2/h3-7,23H,8H2,1-2H3,(H,19,20,22)/t13-/m1/s1. The summed E-state index contributed by atoms with van der Waals surface area (Å²) in [6.07, 6.45) is -3.92. The first-order chi connectivity index (χ1) is 10.6. The van der Waals surface area contributed by atoms with Crippen LogP contribution in [-0.4, -0.2) is 31.7 Å². The Morgan fingerprint density at radius 1 is 1.39 bits per heavy atom. The van der Waals surface area contributed by atoms with Crippen molar-refractivity contribution in [1.82, 2.24) is 14.5 Å². The smallest absolute Gasteiger partial charge is 0.374 e. The average Bonchev–Trinajstić information content (AvgIpc) is 2.83. The number of alkyl halides is 3. The lowest BCUT2D eigenvalue weighted by Crippen LogP contribution is -2.46. The SMILES string of the molecule is Cc1cccc(NC(=O)C[C@@](O)(c2nccn2C)C(F)(F)F)n1. The van der Waals surface area contributed by atoms with Crippen molar-refractivity contribution in [3.8, 4) is 0 Å². The van der Waals surface area contributed by atoms with Crippen molar-refractivity contribution in [1.29, 1.82) is 0 Å². The molecule has 1 amide bonds. The molecule has 0 fully saturated rings. The van der Waals surface area contributed by atoms with E-state index in [-0.39, 0.29) is 5.82 Å². The Morgan fingerprint density at radius 2 is 2.09 bits per heavy atom. The number of pyridine rings is 1. The van der Waals surface area contributed by atoms with E-state index in [2.05, 4.69) is 15.3 Å². The maximum atomic E-state index is 13.3. The van der Waals surface area contributed by atoms with Crippen LogP contribution in [0.1, 0.15) is 17.9 Å². The van der Waals surface area contributed by atoms with E-state index < -0.39 is 29.9 Å². The minimum Gasteiger partial charge on any atom is -0.374 e. The molecule has 2 rings (SSSR count). The van der Waals surface area contributed by atoms with Gasteiger partial charge in [-0.05, 0) is 19.1 Å². The number of hydrogen-bond acceptors (Lipinski definition) is 4. The number of anilines is 1. The van der Waals surface area contributed by atoms with Crippen molar-refractivity contribution in [3.63, 3.8) is 0 Å². The zero-order valence-corrected chi connectivity index (χ0v) is 12.4. The van der Waals surface area contributed by atoms with Crippen LogP contribution in [0.4, 0.5) is 19.0 Å². The Bertz CT molecular complexity index is 714. The average molecular weight is 328 g/mol. The molecule has 0 aromatic carbocycles. The number of hydrogen-bond donors (Lipinski definition) is 2. The number of imidazole rings is 1. The highest BCUT2D eigenvalue weighted by Gasteiger charge is 2.58. The van der Waals surface area contributed by atoms with Crippen LogP contribution in [0.2, 0.25) is 0 Å². The Hall–Kier alpha value is -2.42. The summed E-state index contributed by atoms with van der Waals surface area (Å²) in [7, 11) is 1.30. The van der Waals surface area contributed by atoms with Crippen LogP contribution in [0.5, 0.6) is 0 Å². The van der Waals surface area contributed by atoms with Gasteiger partial charge in [-0.1, -0.05) is 6.07 Å². The number of carbonyl (C=O) groups excluding carboxylic acids is 1. The first-order valence-electron chi connectivity index (χ1n) is 6.64. The molecule has 0 radical (unpaired) electrons. The van der Waals surface area contributed by atoms with Gasteiger partial charge in [0.15, 0.2) is 5.82 Å². The number of rotatable bonds is 4. The molecule has 0 aliphatic rings. The van der Waals surface area contributed by atoms with Gasteiger partial charge in [-0.2, -0.15) is 13.2 Å². The maximum absolute atomic E-state index is 13.3. The number of amides is 1. The van der Waals surface area contributed by atoms with Crippen molar-refractivity contribution in [2.45, 2.75) is 25.1 Å². The van der Waals surface area contributed by atoms with Gasteiger partial charge in [0.05, 0.1) is 6.42 Å². The summed E-state index contributed by atoms with van der Waals surface area (Å²) in [5.41, 5.74) is -2.79. The van der Waals surface area contributed by atoms with Gasteiger partial charge < -0.3 is 15.0 Å². The van der Waals surface area contributed by atoms with E-state index in [0.29, 0.717) is 5.69 Å². The van der Waals surface area contributed by atoms with E-state index in [9.17, 15) is 23.1 Å². The number of aliphatic hydroxyl groups is 1. The molecule has 124 valence electrons. The molecular weight excluding hydrogens is 313 g/mol. The third-order valence-corrected chi connectivity index (χ3v) is 3.23. The summed E-state index contributed by atoms with van der Waals surface area (Å²) >= 11 is 0. The van der Waals surface area contributed by atoms with E-state index in [0.717, 1.165) is 10.8 Å². The first kappa shape index (κ1) is 16.9. The molecule has 1 atom stereocenters. The third-order valence-electron chi connectivity index (χ3n) is 3.23. The van der Waals surface area contributed by atoms with Gasteiger partial charge in [-0.25, -0.2) is 9.97 Å². The normalized spacial score (nSPS) is 14.3. The fourth-order valence-corrected chi connectivity index (χ4v) is 2.10. The molecule has 0 aliphatic heterocycles. The second kappa shape index (κ2) is 5.99. The minimum atomic E-state index is -5.07. The number of carbonyl (C=O) groups is 1. The second-order valence-corrected chi connectivity index (χ2v) is 5.11. The highest BCUT2D eigenvalue weighted by atomic mass is 19.4. The second-order valence-electron chi connectivity index (χ2n) is 5.11. The molecule has 0 bridgehead atoms. The molecule has 0 saturated carbocycles. The molecule has 9 heteroatoms. The predicted molar refractivity (Wildman–Crippen MR) is 75.4 cm³/mol. The lowest BCUT2D eigenvalue weighted by molar-refractivity contribution is -0.270. The lowest BCUT2D eigenvalue weighted by Gasteiger charge is -2.29. The summed E-state index contributed by atoms with van der Waals surface area (Å²) in [5.74, 6) is -1.57. The quantitative estimate of drug-likeness (QED) is 0.898. The van der Waals surface area contributed by atoms with Gasteiger partial charge >= 0.3 is 6.18 Å². The van der Waals surface area contributed by atoms with Crippen molar-refractivity contribution in [2.24, 2.45) is 7.05 Å². The van der Waals surface area contributed by atoms with E-state index in [4.69, 9.17) is 0 Å². The molecule has 2 heterocycles. The lowest BCUT2D eigenvalue weighted by atomic mass is 9.97. The Balaban J connectivity index is 2.25. The predicted octanol–water partition coefficient (Wildman–Crippen LogP) is 1.90. The summed E-state index contributed by atoms with van der Waals surface area (Å²) in [5, 5.41) is 12.3. The van der Waals surface area contributed by atoms with E-state index in [1.807, 2.05) is 0 Å². The number of nitrogens with one attached hydrogen (secondary N) is 1. The van der Waals surface area contributed by atoms with Crippen molar-refractivity contribution < 1.29 is 23.1 Å². The fourth-order valence-electron chi connectivity index (χ4n) is 2.10. The minimum absolute atomic E-state index is 0.111. The number of aromatic nitrogens is 3. The molecule has 2 aromatic rings. The van der Waals surface area contributed by atoms with Crippen LogP contribution in [0.3, 0.4) is 0 Å². The summed E-state index contributed by atoms with van der Waals surface area (Å²) < 4.78 is 41.0. The molecule has 0 saturated heterocycles. The van der Waals surface area contributed by atoms with Gasteiger partial charge in [-0.3, -0.25) is 4.79 Å². The van der Waals surface area contributed by atoms with Crippen LogP contribution in [0.15, 0.2) is 30.6 Å². The van der Waals surface area contributed by atoms with Crippen LogP contribution in [0.25, 0.3) is 0 Å². The Labute approximate surface area is 130 Å². The first-order valence-corrected chi connectivity index (χ1v) is 6.64. The van der Waals surface area contributed by atoms with E-state index >= 15 is 0 Å². The third kappa shape index (κ3) is 3.50. The molecule has 0 unspecified atom stereocenters. The zero-order chi connectivity index (χ0) is 17.3. The van der Waals surface area contributed by atoms with E-state index in [1.165, 1.54) is 19.3 Å². The Kier molecular flexibility index (Phi) is 4.42. The van der Waals surface area contributed by atoms with Crippen LogP contribution in [-0.2, 0) is 17.4 Å². The zero-order valence-electron chi connectivity index (χ0n) is 12.4. The van der Waals surface area contributed by atoms with Gasteiger partial charge in [0, 0.05) is 25.1 Å².